The summed E-state index contributed by atoms with van der Waals surface area (Å²) in [5.74, 6) is 0. The maximum absolute atomic E-state index is 11.0. The lowest BCUT2D eigenvalue weighted by molar-refractivity contribution is -0.384. The largest absolute Gasteiger partial charge is 0.351 e. The number of thiocarbonyl (C=S) groups is 1. The van der Waals surface area contributed by atoms with Crippen LogP contribution in [0.3, 0.4) is 0 Å². The minimum absolute atomic E-state index is 0.0835. The van der Waals surface area contributed by atoms with Crippen molar-refractivity contribution >= 4 is 40.5 Å². The monoisotopic (exact) mass is 605 g/mol. The van der Waals surface area contributed by atoms with E-state index in [1.807, 2.05) is 24.4 Å². The van der Waals surface area contributed by atoms with Gasteiger partial charge < -0.3 is 14.8 Å². The van der Waals surface area contributed by atoms with Crippen LogP contribution in [0.25, 0.3) is 5.69 Å². The second kappa shape index (κ2) is 11.7. The van der Waals surface area contributed by atoms with Gasteiger partial charge in [0.05, 0.1) is 22.7 Å². The number of rotatable bonds is 7. The summed E-state index contributed by atoms with van der Waals surface area (Å²) in [7, 11) is 0. The Morgan fingerprint density at radius 2 is 1.60 bits per heavy atom. The predicted molar refractivity (Wildman–Crippen MR) is 176 cm³/mol. The van der Waals surface area contributed by atoms with E-state index < -0.39 is 0 Å². The van der Waals surface area contributed by atoms with Gasteiger partial charge in [-0.2, -0.15) is 0 Å². The van der Waals surface area contributed by atoms with E-state index >= 15 is 0 Å². The Morgan fingerprint density at radius 1 is 0.907 bits per heavy atom. The molecule has 0 unspecified atom stereocenters. The molecule has 0 radical (unpaired) electrons. The summed E-state index contributed by atoms with van der Waals surface area (Å²) in [5, 5.41) is 15.2. The standard InChI is InChI=1S/C34H31N5O2S2/c1-21-8-9-22(2)31(19-21)37-23(3)20-29(24(37)4)33-32(30-7-5-6-18-35-30)36-34(42)38(33)25-10-14-27(15-11-25)43-28-16-12-26(13-17-28)39(40)41/h5-20,32-33H,1-4H3,(H,36,42)/t32-,33+/m1/s1. The lowest BCUT2D eigenvalue weighted by atomic mass is 9.96. The number of pyridine rings is 1. The Hall–Kier alpha value is -4.47. The average Bonchev–Trinajstić information content (AvgIpc) is 3.50. The van der Waals surface area contributed by atoms with Gasteiger partial charge in [-0.25, -0.2) is 0 Å². The van der Waals surface area contributed by atoms with E-state index in [0.717, 1.165) is 26.9 Å². The summed E-state index contributed by atoms with van der Waals surface area (Å²) in [6, 6.07) is 29.5. The molecule has 0 saturated carbocycles. The molecule has 1 aliphatic rings. The molecule has 1 fully saturated rings. The number of anilines is 1. The lowest BCUT2D eigenvalue weighted by Gasteiger charge is -2.28. The van der Waals surface area contributed by atoms with E-state index in [4.69, 9.17) is 17.2 Å². The molecule has 0 bridgehead atoms. The van der Waals surface area contributed by atoms with Crippen LogP contribution < -0.4 is 10.2 Å². The summed E-state index contributed by atoms with van der Waals surface area (Å²) in [6.07, 6.45) is 1.82. The molecule has 5 aromatic rings. The number of nitro groups is 1. The van der Waals surface area contributed by atoms with Crippen molar-refractivity contribution in [2.45, 2.75) is 49.6 Å². The van der Waals surface area contributed by atoms with E-state index in [2.05, 4.69) is 91.0 Å². The average molecular weight is 606 g/mol. The number of aryl methyl sites for hydroxylation is 3. The summed E-state index contributed by atoms with van der Waals surface area (Å²) < 4.78 is 2.34. The highest BCUT2D eigenvalue weighted by molar-refractivity contribution is 7.99. The van der Waals surface area contributed by atoms with Crippen LogP contribution in [0.2, 0.25) is 0 Å². The molecule has 3 aromatic carbocycles. The third kappa shape index (κ3) is 5.53. The van der Waals surface area contributed by atoms with Crippen molar-refractivity contribution in [3.63, 3.8) is 0 Å². The summed E-state index contributed by atoms with van der Waals surface area (Å²) in [6.45, 7) is 8.62. The molecule has 6 rings (SSSR count). The van der Waals surface area contributed by atoms with Crippen LogP contribution in [-0.4, -0.2) is 19.6 Å². The Morgan fingerprint density at radius 3 is 2.26 bits per heavy atom. The van der Waals surface area contributed by atoms with Gasteiger partial charge in [-0.05, 0) is 117 Å². The first kappa shape index (κ1) is 28.6. The van der Waals surface area contributed by atoms with Crippen LogP contribution in [0.5, 0.6) is 0 Å². The molecule has 1 saturated heterocycles. The van der Waals surface area contributed by atoms with Gasteiger partial charge >= 0.3 is 0 Å². The third-order valence-corrected chi connectivity index (χ3v) is 9.22. The van der Waals surface area contributed by atoms with Crippen molar-refractivity contribution in [3.05, 3.63) is 141 Å². The molecule has 43 heavy (non-hydrogen) atoms. The number of hydrogen-bond acceptors (Lipinski definition) is 5. The van der Waals surface area contributed by atoms with Gasteiger partial charge in [0.1, 0.15) is 0 Å². The van der Waals surface area contributed by atoms with Gasteiger partial charge in [-0.15, -0.1) is 0 Å². The van der Waals surface area contributed by atoms with Crippen LogP contribution in [-0.2, 0) is 0 Å². The van der Waals surface area contributed by atoms with Crippen LogP contribution in [0.1, 0.15) is 45.9 Å². The summed E-state index contributed by atoms with van der Waals surface area (Å²) in [4.78, 5) is 19.5. The molecule has 1 aliphatic heterocycles. The number of benzene rings is 3. The van der Waals surface area contributed by atoms with E-state index in [1.165, 1.54) is 40.2 Å². The third-order valence-electron chi connectivity index (χ3n) is 7.89. The molecule has 2 aromatic heterocycles. The van der Waals surface area contributed by atoms with Gasteiger partial charge in [-0.3, -0.25) is 15.1 Å². The number of nitro benzene ring substituents is 1. The lowest BCUT2D eigenvalue weighted by Crippen LogP contribution is -2.29. The van der Waals surface area contributed by atoms with Gasteiger partial charge in [0.15, 0.2) is 5.11 Å². The van der Waals surface area contributed by atoms with Crippen LogP contribution >= 0.6 is 24.0 Å². The fourth-order valence-electron chi connectivity index (χ4n) is 5.81. The Kier molecular flexibility index (Phi) is 7.77. The highest BCUT2D eigenvalue weighted by Crippen LogP contribution is 2.44. The topological polar surface area (TPSA) is 76.2 Å². The van der Waals surface area contributed by atoms with Crippen LogP contribution in [0.4, 0.5) is 11.4 Å². The fourth-order valence-corrected chi connectivity index (χ4v) is 6.98. The number of aromatic nitrogens is 2. The number of non-ortho nitro benzene ring substituents is 1. The maximum atomic E-state index is 11.0. The second-order valence-corrected chi connectivity index (χ2v) is 12.3. The van der Waals surface area contributed by atoms with E-state index in [1.54, 1.807) is 23.9 Å². The van der Waals surface area contributed by atoms with E-state index in [9.17, 15) is 10.1 Å². The normalized spacial score (nSPS) is 16.4. The van der Waals surface area contributed by atoms with Crippen molar-refractivity contribution in [1.82, 2.24) is 14.9 Å². The maximum Gasteiger partial charge on any atom is 0.269 e. The molecule has 9 heteroatoms. The predicted octanol–water partition coefficient (Wildman–Crippen LogP) is 8.34. The van der Waals surface area contributed by atoms with Crippen molar-refractivity contribution in [2.75, 3.05) is 4.90 Å². The van der Waals surface area contributed by atoms with Crippen molar-refractivity contribution < 1.29 is 4.92 Å². The van der Waals surface area contributed by atoms with Gasteiger partial charge in [0.25, 0.3) is 5.69 Å². The zero-order valence-corrected chi connectivity index (χ0v) is 25.9. The molecular weight excluding hydrogens is 575 g/mol. The van der Waals surface area contributed by atoms with Crippen molar-refractivity contribution in [2.24, 2.45) is 0 Å². The zero-order chi connectivity index (χ0) is 30.2. The van der Waals surface area contributed by atoms with Crippen LogP contribution in [0, 0.1) is 37.8 Å². The molecule has 1 N–H and O–H groups in total. The van der Waals surface area contributed by atoms with E-state index in [-0.39, 0.29) is 22.7 Å². The number of nitrogens with zero attached hydrogens (tertiary/aromatic N) is 4. The molecular formula is C34H31N5O2S2. The molecule has 2 atom stereocenters. The Balaban J connectivity index is 1.39. The number of hydrogen-bond donors (Lipinski definition) is 1. The Labute approximate surface area is 260 Å². The number of nitrogens with one attached hydrogen (secondary N) is 1. The minimum Gasteiger partial charge on any atom is -0.351 e. The highest BCUT2D eigenvalue weighted by atomic mass is 32.2. The van der Waals surface area contributed by atoms with Crippen LogP contribution in [0.15, 0.2) is 107 Å². The molecule has 0 aliphatic carbocycles. The molecule has 3 heterocycles. The van der Waals surface area contributed by atoms with Crippen molar-refractivity contribution in [3.8, 4) is 5.69 Å². The second-order valence-electron chi connectivity index (χ2n) is 10.8. The smallest absolute Gasteiger partial charge is 0.269 e. The molecule has 7 nitrogen and oxygen atoms in total. The minimum atomic E-state index is -0.385. The van der Waals surface area contributed by atoms with Gasteiger partial charge in [0.2, 0.25) is 0 Å². The summed E-state index contributed by atoms with van der Waals surface area (Å²) in [5.41, 5.74) is 9.13. The summed E-state index contributed by atoms with van der Waals surface area (Å²) >= 11 is 7.54. The van der Waals surface area contributed by atoms with Crippen molar-refractivity contribution in [1.29, 1.82) is 0 Å². The zero-order valence-electron chi connectivity index (χ0n) is 24.3. The first-order chi connectivity index (χ1) is 20.7. The SMILES string of the molecule is Cc1ccc(C)c(-n2c(C)cc([C@H]3[C@@H](c4ccccn4)NC(=S)N3c3ccc(Sc4ccc([N+](=O)[O-])cc4)cc3)c2C)c1. The fraction of sp³-hybridized carbons (Fsp3) is 0.176. The first-order valence-corrected chi connectivity index (χ1v) is 15.2. The first-order valence-electron chi connectivity index (χ1n) is 14.0. The highest BCUT2D eigenvalue weighted by Gasteiger charge is 2.42. The van der Waals surface area contributed by atoms with Gasteiger partial charge in [0, 0.05) is 50.9 Å². The van der Waals surface area contributed by atoms with Gasteiger partial charge in [-0.1, -0.05) is 30.0 Å². The van der Waals surface area contributed by atoms with E-state index in [0.29, 0.717) is 5.11 Å². The molecule has 216 valence electrons. The molecule has 0 spiro atoms. The Bertz CT molecular complexity index is 1820. The molecule has 0 amide bonds. The quantitative estimate of drug-likeness (QED) is 0.114.